The topological polar surface area (TPSA) is 104 Å². The van der Waals surface area contributed by atoms with E-state index in [1.165, 1.54) is 36.6 Å². The third-order valence-electron chi connectivity index (χ3n) is 9.74. The predicted molar refractivity (Wildman–Crippen MR) is 161 cm³/mol. The Morgan fingerprint density at radius 1 is 0.938 bits per heavy atom. The molecule has 2 aliphatic carbocycles. The number of methoxy groups -OCH3 is 1. The Bertz CT molecular complexity index is 1970. The maximum atomic E-state index is 15.2. The molecule has 48 heavy (non-hydrogen) atoms. The first-order valence-electron chi connectivity index (χ1n) is 14.4. The summed E-state index contributed by atoms with van der Waals surface area (Å²) in [5.41, 5.74) is -1.47. The number of rotatable bonds is 5. The van der Waals surface area contributed by atoms with Gasteiger partial charge in [0, 0.05) is 10.8 Å². The molecule has 4 amide bonds. The molecule has 4 aliphatic rings. The molecular formula is C32H21Cl2F5N2O6S. The van der Waals surface area contributed by atoms with E-state index in [0.717, 1.165) is 9.78 Å². The van der Waals surface area contributed by atoms with Crippen LogP contribution in [0.25, 0.3) is 0 Å². The average Bonchev–Trinajstić information content (AvgIpc) is 3.71. The second kappa shape index (κ2) is 11.0. The molecule has 1 saturated carbocycles. The van der Waals surface area contributed by atoms with Crippen molar-refractivity contribution in [3.63, 3.8) is 0 Å². The average molecular weight is 727 g/mol. The molecule has 0 spiro atoms. The van der Waals surface area contributed by atoms with Gasteiger partial charge < -0.3 is 9.84 Å². The number of carbonyl (C=O) groups is 4. The van der Waals surface area contributed by atoms with Crippen LogP contribution in [-0.4, -0.2) is 50.5 Å². The number of benzene rings is 2. The zero-order valence-electron chi connectivity index (χ0n) is 24.4. The van der Waals surface area contributed by atoms with Crippen molar-refractivity contribution >= 4 is 63.9 Å². The van der Waals surface area contributed by atoms with E-state index in [1.807, 2.05) is 0 Å². The Morgan fingerprint density at radius 3 is 2.23 bits per heavy atom. The second-order valence-corrected chi connectivity index (χ2v) is 14.2. The number of likely N-dealkylation sites (tertiary alicyclic amines) is 1. The van der Waals surface area contributed by atoms with Crippen LogP contribution in [0.4, 0.5) is 27.6 Å². The first-order valence-corrected chi connectivity index (χ1v) is 16.0. The van der Waals surface area contributed by atoms with Crippen molar-refractivity contribution in [2.24, 2.45) is 17.8 Å². The molecule has 2 saturated heterocycles. The van der Waals surface area contributed by atoms with E-state index in [1.54, 1.807) is 23.6 Å². The molecule has 3 fully saturated rings. The minimum atomic E-state index is -2.68. The lowest BCUT2D eigenvalue weighted by Crippen LogP contribution is -2.60. The van der Waals surface area contributed by atoms with Gasteiger partial charge in [0.15, 0.2) is 44.5 Å². The van der Waals surface area contributed by atoms with Crippen LogP contribution in [0.3, 0.4) is 0 Å². The predicted octanol–water partition coefficient (Wildman–Crippen LogP) is 5.92. The molecule has 2 aromatic carbocycles. The number of phenolic OH excluding ortho intramolecular Hbond substituents is 1. The zero-order chi connectivity index (χ0) is 34.6. The van der Waals surface area contributed by atoms with Crippen LogP contribution < -0.4 is 9.64 Å². The number of allylic oxidation sites excluding steroid dienone is 2. The summed E-state index contributed by atoms with van der Waals surface area (Å²) in [7, 11) is 1.23. The number of aromatic hydroxyl groups is 1. The number of hydrogen-bond donors (Lipinski definition) is 1. The van der Waals surface area contributed by atoms with Crippen LogP contribution in [0.15, 0.2) is 47.4 Å². The van der Waals surface area contributed by atoms with Crippen LogP contribution in [0.5, 0.6) is 11.5 Å². The Hall–Kier alpha value is -4.01. The number of nitrogens with zero attached hydrogens (tertiary/aromatic N) is 2. The highest BCUT2D eigenvalue weighted by Crippen LogP contribution is 2.66. The Balaban J connectivity index is 1.42. The summed E-state index contributed by atoms with van der Waals surface area (Å²) in [5.74, 6) is -21.4. The molecule has 2 aliphatic heterocycles. The molecular weight excluding hydrogens is 706 g/mol. The quantitative estimate of drug-likeness (QED) is 0.0875. The fraction of sp³-hybridized carbons (Fsp3) is 0.312. The van der Waals surface area contributed by atoms with Gasteiger partial charge in [0.1, 0.15) is 5.69 Å². The van der Waals surface area contributed by atoms with Crippen LogP contribution >= 0.6 is 34.5 Å². The van der Waals surface area contributed by atoms with Gasteiger partial charge in [0.25, 0.3) is 11.8 Å². The summed E-state index contributed by atoms with van der Waals surface area (Å²) in [5, 5.41) is 12.1. The van der Waals surface area contributed by atoms with Gasteiger partial charge in [-0.25, -0.2) is 26.9 Å². The fourth-order valence-electron chi connectivity index (χ4n) is 7.59. The van der Waals surface area contributed by atoms with E-state index in [4.69, 9.17) is 27.9 Å². The molecule has 1 aromatic heterocycles. The molecule has 0 bridgehead atoms. The molecule has 0 unspecified atom stereocenters. The van der Waals surface area contributed by atoms with Crippen molar-refractivity contribution in [3.05, 3.63) is 86.9 Å². The first-order chi connectivity index (χ1) is 22.7. The standard InChI is InChI=1S/C32H21Cl2F5N2O6S/c1-47-18-9-12(4-7-17(18)42)20-14-5-6-15-19(28(44)40(27(15)43)11-13-3-2-8-48-13)16(14)10-31(33)29(45)41(30(46)32(20,31)34)26-24(38)22(36)21(35)23(37)25(26)39/h2-5,7-9,15-16,19-20,42H,6,10-11H2,1H3/t15-,16+,19-,20-,31+,32-/m0/s1. The lowest BCUT2D eigenvalue weighted by Gasteiger charge is -2.50. The van der Waals surface area contributed by atoms with Crippen molar-refractivity contribution in [2.45, 2.75) is 35.1 Å². The Kier molecular flexibility index (Phi) is 7.46. The van der Waals surface area contributed by atoms with Gasteiger partial charge in [-0.05, 0) is 47.9 Å². The van der Waals surface area contributed by atoms with Crippen LogP contribution in [-0.2, 0) is 25.7 Å². The van der Waals surface area contributed by atoms with Crippen molar-refractivity contribution < 1.29 is 51.0 Å². The van der Waals surface area contributed by atoms with Gasteiger partial charge in [-0.3, -0.25) is 24.1 Å². The van der Waals surface area contributed by atoms with E-state index < -0.39 is 98.2 Å². The van der Waals surface area contributed by atoms with Crippen LogP contribution in [0.1, 0.15) is 29.2 Å². The van der Waals surface area contributed by atoms with Crippen molar-refractivity contribution in [1.29, 1.82) is 0 Å². The summed E-state index contributed by atoms with van der Waals surface area (Å²) in [4.78, 5) is 52.4. The molecule has 6 atom stereocenters. The highest BCUT2D eigenvalue weighted by Gasteiger charge is 2.77. The number of anilines is 1. The van der Waals surface area contributed by atoms with Gasteiger partial charge in [0.2, 0.25) is 17.6 Å². The third kappa shape index (κ3) is 4.11. The van der Waals surface area contributed by atoms with Crippen molar-refractivity contribution in [3.8, 4) is 11.5 Å². The highest BCUT2D eigenvalue weighted by molar-refractivity contribution is 7.09. The smallest absolute Gasteiger partial charge is 0.258 e. The third-order valence-corrected chi connectivity index (χ3v) is 12.0. The van der Waals surface area contributed by atoms with Gasteiger partial charge in [-0.2, -0.15) is 0 Å². The summed E-state index contributed by atoms with van der Waals surface area (Å²) < 4.78 is 78.3. The number of amides is 4. The van der Waals surface area contributed by atoms with E-state index in [9.17, 15) is 37.5 Å². The SMILES string of the molecule is COc1cc([C@H]2C3=CC[C@@H]4C(=O)N(Cc5cccs5)C(=O)[C@@H]4[C@@H]3C[C@@]3(Cl)C(=O)N(c4c(F)c(F)c(F)c(F)c4F)C(=O)[C@@]23Cl)ccc1O. The van der Waals surface area contributed by atoms with E-state index >= 15 is 8.78 Å². The minimum Gasteiger partial charge on any atom is -0.504 e. The van der Waals surface area contributed by atoms with Crippen LogP contribution in [0.2, 0.25) is 0 Å². The molecule has 0 radical (unpaired) electrons. The summed E-state index contributed by atoms with van der Waals surface area (Å²) in [6.07, 6.45) is 0.994. The minimum absolute atomic E-state index is 0.0134. The Labute approximate surface area is 282 Å². The molecule has 7 rings (SSSR count). The van der Waals surface area contributed by atoms with Gasteiger partial charge in [0.05, 0.1) is 25.5 Å². The van der Waals surface area contributed by atoms with Crippen LogP contribution in [0, 0.1) is 46.8 Å². The number of alkyl halides is 2. The zero-order valence-corrected chi connectivity index (χ0v) is 26.7. The van der Waals surface area contributed by atoms with Gasteiger partial charge >= 0.3 is 0 Å². The lowest BCUT2D eigenvalue weighted by atomic mass is 9.56. The number of ether oxygens (including phenoxy) is 1. The molecule has 1 N–H and O–H groups in total. The number of halogens is 7. The molecule has 8 nitrogen and oxygen atoms in total. The van der Waals surface area contributed by atoms with Gasteiger partial charge in [-0.15, -0.1) is 34.5 Å². The van der Waals surface area contributed by atoms with E-state index in [0.29, 0.717) is 0 Å². The maximum Gasteiger partial charge on any atom is 0.258 e. The first kappa shape index (κ1) is 32.5. The summed E-state index contributed by atoms with van der Waals surface area (Å²) in [6, 6.07) is 7.29. The maximum absolute atomic E-state index is 15.2. The van der Waals surface area contributed by atoms with Crippen molar-refractivity contribution in [2.75, 3.05) is 12.0 Å². The van der Waals surface area contributed by atoms with E-state index in [2.05, 4.69) is 0 Å². The van der Waals surface area contributed by atoms with Gasteiger partial charge in [-0.1, -0.05) is 23.8 Å². The molecule has 16 heteroatoms. The van der Waals surface area contributed by atoms with Crippen molar-refractivity contribution in [1.82, 2.24) is 4.90 Å². The number of carbonyl (C=O) groups excluding carboxylic acids is 4. The number of hydrogen-bond acceptors (Lipinski definition) is 7. The molecule has 3 aromatic rings. The largest absolute Gasteiger partial charge is 0.504 e. The second-order valence-electron chi connectivity index (χ2n) is 12.0. The summed E-state index contributed by atoms with van der Waals surface area (Å²) >= 11 is 15.5. The number of phenols is 1. The molecule has 250 valence electrons. The lowest BCUT2D eigenvalue weighted by molar-refractivity contribution is -0.141. The van der Waals surface area contributed by atoms with E-state index in [-0.39, 0.29) is 40.5 Å². The Morgan fingerprint density at radius 2 is 1.60 bits per heavy atom. The monoisotopic (exact) mass is 726 g/mol. The normalized spacial score (nSPS) is 29.6. The highest BCUT2D eigenvalue weighted by atomic mass is 35.5. The molecule has 3 heterocycles. The summed E-state index contributed by atoms with van der Waals surface area (Å²) in [6.45, 7) is -0.0140. The number of thiophene rings is 1. The fourth-order valence-corrected chi connectivity index (χ4v) is 9.22. The number of imide groups is 2. The number of fused-ring (bicyclic) bond motifs is 4.